The van der Waals surface area contributed by atoms with Gasteiger partial charge < -0.3 is 10.1 Å². The number of hydrogen-bond donors (Lipinski definition) is 1. The molecule has 142 valence electrons. The number of thiophene rings is 1. The molecule has 0 amide bonds. The normalized spacial score (nSPS) is 10.9. The Morgan fingerprint density at radius 3 is 2.79 bits per heavy atom. The predicted octanol–water partition coefficient (Wildman–Crippen LogP) is 6.23. The third kappa shape index (κ3) is 4.07. The number of nitrogens with one attached hydrogen (secondary N) is 1. The topological polar surface area (TPSA) is 72.8 Å². The van der Waals surface area contributed by atoms with Gasteiger partial charge in [-0.1, -0.05) is 30.0 Å². The summed E-state index contributed by atoms with van der Waals surface area (Å²) in [5.41, 5.74) is 1.00. The highest BCUT2D eigenvalue weighted by molar-refractivity contribution is 7.99. The van der Waals surface area contributed by atoms with E-state index in [1.54, 1.807) is 23.1 Å². The van der Waals surface area contributed by atoms with Crippen molar-refractivity contribution in [2.75, 3.05) is 5.32 Å². The van der Waals surface area contributed by atoms with Crippen molar-refractivity contribution in [2.24, 2.45) is 0 Å². The first kappa shape index (κ1) is 18.0. The summed E-state index contributed by atoms with van der Waals surface area (Å²) in [7, 11) is 0. The molecular weight excluding hydrogens is 422 g/mol. The average molecular weight is 436 g/mol. The molecule has 5 aromatic rings. The molecule has 0 radical (unpaired) electrons. The number of aromatic nitrogens is 4. The molecule has 0 unspecified atom stereocenters. The van der Waals surface area contributed by atoms with Crippen LogP contribution in [0, 0.1) is 0 Å². The van der Waals surface area contributed by atoms with Crippen molar-refractivity contribution in [3.8, 4) is 11.5 Å². The summed E-state index contributed by atoms with van der Waals surface area (Å²) in [6.07, 6.45) is 5.16. The number of ether oxygens (including phenoxy) is 1. The number of para-hydroxylation sites is 1. The Bertz CT molecular complexity index is 1240. The number of pyridine rings is 2. The predicted molar refractivity (Wildman–Crippen MR) is 118 cm³/mol. The fourth-order valence-corrected chi connectivity index (χ4v) is 4.97. The lowest BCUT2D eigenvalue weighted by Gasteiger charge is -2.12. The number of rotatable bonds is 6. The maximum Gasteiger partial charge on any atom is 0.208 e. The van der Waals surface area contributed by atoms with Crippen LogP contribution in [0.4, 0.5) is 10.9 Å². The molecule has 29 heavy (non-hydrogen) atoms. The van der Waals surface area contributed by atoms with Crippen LogP contribution in [0.2, 0.25) is 0 Å². The quantitative estimate of drug-likeness (QED) is 0.339. The first-order valence-electron chi connectivity index (χ1n) is 8.62. The molecule has 0 aliphatic rings. The van der Waals surface area contributed by atoms with E-state index in [0.29, 0.717) is 16.7 Å². The van der Waals surface area contributed by atoms with Gasteiger partial charge in [-0.25, -0.2) is 9.97 Å². The van der Waals surface area contributed by atoms with E-state index < -0.39 is 0 Å². The van der Waals surface area contributed by atoms with Crippen molar-refractivity contribution < 1.29 is 4.74 Å². The van der Waals surface area contributed by atoms with Crippen molar-refractivity contribution in [1.29, 1.82) is 0 Å². The second kappa shape index (κ2) is 8.16. The summed E-state index contributed by atoms with van der Waals surface area (Å²) in [5, 5.41) is 5.89. The fraction of sp³-hybridized carbons (Fsp3) is 0. The summed E-state index contributed by atoms with van der Waals surface area (Å²) in [6.45, 7) is 0. The lowest BCUT2D eigenvalue weighted by Crippen LogP contribution is -1.97. The highest BCUT2D eigenvalue weighted by Gasteiger charge is 2.13. The van der Waals surface area contributed by atoms with Gasteiger partial charge in [0.1, 0.15) is 12.1 Å². The van der Waals surface area contributed by atoms with E-state index in [2.05, 4.69) is 30.0 Å². The molecule has 0 fully saturated rings. The van der Waals surface area contributed by atoms with Crippen LogP contribution in [-0.2, 0) is 0 Å². The maximum absolute atomic E-state index is 6.12. The van der Waals surface area contributed by atoms with Crippen LogP contribution >= 0.6 is 34.6 Å². The monoisotopic (exact) mass is 435 g/mol. The van der Waals surface area contributed by atoms with Gasteiger partial charge in [0.25, 0.3) is 0 Å². The highest BCUT2D eigenvalue weighted by Crippen LogP contribution is 2.39. The van der Waals surface area contributed by atoms with Crippen LogP contribution in [-0.4, -0.2) is 19.3 Å². The van der Waals surface area contributed by atoms with Crippen LogP contribution < -0.4 is 10.1 Å². The molecule has 0 aliphatic carbocycles. The van der Waals surface area contributed by atoms with E-state index in [9.17, 15) is 0 Å². The summed E-state index contributed by atoms with van der Waals surface area (Å²) < 4.78 is 11.3. The molecule has 6 nitrogen and oxygen atoms in total. The number of fused-ring (bicyclic) bond motifs is 1. The molecule has 0 bridgehead atoms. The number of nitrogens with zero attached hydrogens (tertiary/aromatic N) is 4. The Labute approximate surface area is 178 Å². The molecular formula is C20H13N5OS3. The number of hydrogen-bond acceptors (Lipinski definition) is 9. The van der Waals surface area contributed by atoms with Gasteiger partial charge in [-0.3, -0.25) is 4.98 Å². The Morgan fingerprint density at radius 2 is 1.93 bits per heavy atom. The molecule has 4 aromatic heterocycles. The lowest BCUT2D eigenvalue weighted by molar-refractivity contribution is 0.481. The Kier molecular flexibility index (Phi) is 5.08. The minimum Gasteiger partial charge on any atom is -0.453 e. The van der Waals surface area contributed by atoms with Crippen molar-refractivity contribution in [3.05, 3.63) is 72.6 Å². The van der Waals surface area contributed by atoms with Gasteiger partial charge in [0.15, 0.2) is 11.6 Å². The van der Waals surface area contributed by atoms with Crippen LogP contribution in [0.5, 0.6) is 11.5 Å². The van der Waals surface area contributed by atoms with E-state index in [4.69, 9.17) is 4.74 Å². The minimum absolute atomic E-state index is 0.589. The van der Waals surface area contributed by atoms with Gasteiger partial charge in [0.2, 0.25) is 5.13 Å². The van der Waals surface area contributed by atoms with E-state index in [1.165, 1.54) is 22.6 Å². The molecule has 5 rings (SSSR count). The Morgan fingerprint density at radius 1 is 1.00 bits per heavy atom. The second-order valence-corrected chi connectivity index (χ2v) is 8.66. The fourth-order valence-electron chi connectivity index (χ4n) is 2.66. The number of benzene rings is 1. The van der Waals surface area contributed by atoms with Gasteiger partial charge in [0.05, 0.1) is 10.2 Å². The number of anilines is 2. The van der Waals surface area contributed by atoms with Crippen LogP contribution in [0.3, 0.4) is 0 Å². The van der Waals surface area contributed by atoms with E-state index in [-0.39, 0.29) is 0 Å². The third-order valence-electron chi connectivity index (χ3n) is 3.92. The van der Waals surface area contributed by atoms with E-state index >= 15 is 0 Å². The van der Waals surface area contributed by atoms with Crippen molar-refractivity contribution in [3.63, 3.8) is 0 Å². The standard InChI is InChI=1S/C20H13N5OS3/c1-2-4-13(5-3-1)26-16-10-14(11-22-19(16)25-20-23-12-24-29-20)28-17-6-8-21-15-7-9-27-18(15)17/h1-12H,(H,22,23,24,25). The molecule has 0 atom stereocenters. The first-order chi connectivity index (χ1) is 14.3. The maximum atomic E-state index is 6.12. The molecule has 1 aromatic carbocycles. The van der Waals surface area contributed by atoms with Crippen molar-refractivity contribution >= 4 is 55.8 Å². The highest BCUT2D eigenvalue weighted by atomic mass is 32.2. The van der Waals surface area contributed by atoms with Crippen LogP contribution in [0.25, 0.3) is 10.2 Å². The van der Waals surface area contributed by atoms with Gasteiger partial charge in [0, 0.05) is 39.8 Å². The summed E-state index contributed by atoms with van der Waals surface area (Å²) in [6, 6.07) is 15.7. The zero-order valence-electron chi connectivity index (χ0n) is 14.9. The van der Waals surface area contributed by atoms with Crippen molar-refractivity contribution in [1.82, 2.24) is 19.3 Å². The molecule has 0 saturated heterocycles. The first-order valence-corrected chi connectivity index (χ1v) is 11.1. The second-order valence-electron chi connectivity index (χ2n) is 5.85. The average Bonchev–Trinajstić information content (AvgIpc) is 3.43. The van der Waals surface area contributed by atoms with E-state index in [1.807, 2.05) is 60.9 Å². The zero-order chi connectivity index (χ0) is 19.5. The lowest BCUT2D eigenvalue weighted by atomic mass is 10.3. The Balaban J connectivity index is 1.49. The molecule has 0 aliphatic heterocycles. The SMILES string of the molecule is c1ccc(Oc2cc(Sc3ccnc4ccsc34)cnc2Nc2ncns2)cc1. The van der Waals surface area contributed by atoms with Crippen LogP contribution in [0.1, 0.15) is 0 Å². The largest absolute Gasteiger partial charge is 0.453 e. The zero-order valence-corrected chi connectivity index (χ0v) is 17.3. The minimum atomic E-state index is 0.589. The molecule has 4 heterocycles. The molecule has 9 heteroatoms. The third-order valence-corrected chi connectivity index (χ3v) is 6.59. The summed E-state index contributed by atoms with van der Waals surface area (Å²) in [5.74, 6) is 1.94. The van der Waals surface area contributed by atoms with Gasteiger partial charge in [-0.05, 0) is 29.6 Å². The van der Waals surface area contributed by atoms with Gasteiger partial charge in [-0.15, -0.1) is 11.3 Å². The summed E-state index contributed by atoms with van der Waals surface area (Å²) >= 11 is 4.59. The van der Waals surface area contributed by atoms with Crippen LogP contribution in [0.15, 0.2) is 82.4 Å². The van der Waals surface area contributed by atoms with Gasteiger partial charge in [-0.2, -0.15) is 4.37 Å². The van der Waals surface area contributed by atoms with E-state index in [0.717, 1.165) is 21.1 Å². The van der Waals surface area contributed by atoms with Crippen molar-refractivity contribution in [2.45, 2.75) is 9.79 Å². The van der Waals surface area contributed by atoms with Gasteiger partial charge >= 0.3 is 0 Å². The molecule has 0 saturated carbocycles. The summed E-state index contributed by atoms with van der Waals surface area (Å²) in [4.78, 5) is 15.3. The molecule has 1 N–H and O–H groups in total. The molecule has 0 spiro atoms. The smallest absolute Gasteiger partial charge is 0.208 e. The Hall–Kier alpha value is -3.01.